The van der Waals surface area contributed by atoms with Gasteiger partial charge in [0.25, 0.3) is 5.56 Å². The van der Waals surface area contributed by atoms with Crippen molar-refractivity contribution in [3.8, 4) is 0 Å². The lowest BCUT2D eigenvalue weighted by atomic mass is 10.0. The molecule has 23 heavy (non-hydrogen) atoms. The first-order valence-corrected chi connectivity index (χ1v) is 8.03. The molecular weight excluding hydrogens is 284 g/mol. The van der Waals surface area contributed by atoms with Gasteiger partial charge < -0.3 is 9.47 Å². The number of hydrogen-bond acceptors (Lipinski definition) is 2. The van der Waals surface area contributed by atoms with Crippen molar-refractivity contribution in [3.63, 3.8) is 0 Å². The lowest BCUT2D eigenvalue weighted by Gasteiger charge is -2.21. The third kappa shape index (κ3) is 2.00. The number of pyridine rings is 1. The molecule has 3 nitrogen and oxygen atoms in total. The van der Waals surface area contributed by atoms with Crippen LogP contribution in [0.1, 0.15) is 16.7 Å². The van der Waals surface area contributed by atoms with Crippen LogP contribution in [0.2, 0.25) is 0 Å². The van der Waals surface area contributed by atoms with Gasteiger partial charge in [0.15, 0.2) is 0 Å². The highest BCUT2D eigenvalue weighted by Crippen LogP contribution is 2.35. The van der Waals surface area contributed by atoms with E-state index in [4.69, 9.17) is 0 Å². The number of aryl methyl sites for hydroxylation is 2. The predicted octanol–water partition coefficient (Wildman–Crippen LogP) is 3.85. The molecule has 1 aliphatic rings. The topological polar surface area (TPSA) is 25.2 Å². The smallest absolute Gasteiger partial charge is 0.253 e. The van der Waals surface area contributed by atoms with Crippen LogP contribution in [0.3, 0.4) is 0 Å². The van der Waals surface area contributed by atoms with Gasteiger partial charge in [-0.05, 0) is 49.6 Å². The zero-order valence-corrected chi connectivity index (χ0v) is 13.8. The zero-order chi connectivity index (χ0) is 16.1. The Balaban J connectivity index is 1.93. The standard InChI is InChI=1S/C20H20N2O/c1-13-14(2)20(23)21(3)19-12-16(8-9-17(13)19)22-11-10-15-6-4-5-7-18(15)22/h4-9,12H,10-11H2,1-3H3. The molecule has 0 N–H and O–H groups in total. The van der Waals surface area contributed by atoms with Crippen molar-refractivity contribution in [2.45, 2.75) is 20.3 Å². The summed E-state index contributed by atoms with van der Waals surface area (Å²) in [5.41, 5.74) is 6.83. The molecular formula is C20H20N2O. The van der Waals surface area contributed by atoms with Crippen molar-refractivity contribution in [3.05, 3.63) is 69.5 Å². The Kier molecular flexibility index (Phi) is 3.05. The van der Waals surface area contributed by atoms with Gasteiger partial charge in [-0.1, -0.05) is 24.3 Å². The van der Waals surface area contributed by atoms with E-state index >= 15 is 0 Å². The summed E-state index contributed by atoms with van der Waals surface area (Å²) >= 11 is 0. The first-order valence-electron chi connectivity index (χ1n) is 8.03. The number of rotatable bonds is 1. The Bertz CT molecular complexity index is 985. The van der Waals surface area contributed by atoms with Crippen LogP contribution in [-0.2, 0) is 13.5 Å². The minimum atomic E-state index is 0.0916. The molecule has 4 rings (SSSR count). The number of anilines is 2. The van der Waals surface area contributed by atoms with Crippen molar-refractivity contribution < 1.29 is 0 Å². The maximum Gasteiger partial charge on any atom is 0.253 e. The summed E-state index contributed by atoms with van der Waals surface area (Å²) in [5, 5.41) is 1.15. The van der Waals surface area contributed by atoms with E-state index in [9.17, 15) is 4.79 Å². The Morgan fingerprint density at radius 2 is 1.78 bits per heavy atom. The van der Waals surface area contributed by atoms with Gasteiger partial charge in [0, 0.05) is 35.9 Å². The number of aromatic nitrogens is 1. The molecule has 0 radical (unpaired) electrons. The van der Waals surface area contributed by atoms with Crippen molar-refractivity contribution in [2.24, 2.45) is 7.05 Å². The number of hydrogen-bond donors (Lipinski definition) is 0. The number of nitrogens with zero attached hydrogens (tertiary/aromatic N) is 2. The first kappa shape index (κ1) is 14.1. The number of fused-ring (bicyclic) bond motifs is 2. The van der Waals surface area contributed by atoms with Gasteiger partial charge in [-0.3, -0.25) is 4.79 Å². The first-order chi connectivity index (χ1) is 11.1. The summed E-state index contributed by atoms with van der Waals surface area (Å²) in [5.74, 6) is 0. The predicted molar refractivity (Wildman–Crippen MR) is 95.8 cm³/mol. The van der Waals surface area contributed by atoms with Gasteiger partial charge in [0.05, 0.1) is 5.52 Å². The Morgan fingerprint density at radius 3 is 2.61 bits per heavy atom. The molecule has 3 heteroatoms. The highest BCUT2D eigenvalue weighted by atomic mass is 16.1. The Hall–Kier alpha value is -2.55. The average molecular weight is 304 g/mol. The minimum Gasteiger partial charge on any atom is -0.341 e. The van der Waals surface area contributed by atoms with Gasteiger partial charge in [0.1, 0.15) is 0 Å². The maximum absolute atomic E-state index is 12.4. The monoisotopic (exact) mass is 304 g/mol. The van der Waals surface area contributed by atoms with Crippen LogP contribution in [0.4, 0.5) is 11.4 Å². The molecule has 0 unspecified atom stereocenters. The van der Waals surface area contributed by atoms with Crippen molar-refractivity contribution in [2.75, 3.05) is 11.4 Å². The van der Waals surface area contributed by atoms with E-state index in [1.807, 2.05) is 20.9 Å². The molecule has 1 aliphatic heterocycles. The van der Waals surface area contributed by atoms with E-state index in [-0.39, 0.29) is 5.56 Å². The van der Waals surface area contributed by atoms with Gasteiger partial charge in [0.2, 0.25) is 0 Å². The number of benzene rings is 2. The minimum absolute atomic E-state index is 0.0916. The largest absolute Gasteiger partial charge is 0.341 e. The van der Waals surface area contributed by atoms with E-state index in [1.165, 1.54) is 11.3 Å². The molecule has 1 aromatic heterocycles. The van der Waals surface area contributed by atoms with E-state index in [1.54, 1.807) is 4.57 Å². The zero-order valence-electron chi connectivity index (χ0n) is 13.8. The normalized spacial score (nSPS) is 13.6. The fraction of sp³-hybridized carbons (Fsp3) is 0.250. The summed E-state index contributed by atoms with van der Waals surface area (Å²) in [6.45, 7) is 4.93. The van der Waals surface area contributed by atoms with E-state index in [2.05, 4.69) is 47.4 Å². The van der Waals surface area contributed by atoms with Crippen LogP contribution in [0, 0.1) is 13.8 Å². The molecule has 0 fully saturated rings. The third-order valence-corrected chi connectivity index (χ3v) is 5.13. The summed E-state index contributed by atoms with van der Waals surface area (Å²) in [6, 6.07) is 15.0. The second kappa shape index (κ2) is 4.98. The van der Waals surface area contributed by atoms with Gasteiger partial charge in [-0.15, -0.1) is 0 Å². The van der Waals surface area contributed by atoms with Crippen LogP contribution >= 0.6 is 0 Å². The molecule has 2 heterocycles. The van der Waals surface area contributed by atoms with E-state index < -0.39 is 0 Å². The fourth-order valence-corrected chi connectivity index (χ4v) is 3.61. The lowest BCUT2D eigenvalue weighted by molar-refractivity contribution is 0.887. The summed E-state index contributed by atoms with van der Waals surface area (Å²) in [6.07, 6.45) is 1.07. The maximum atomic E-state index is 12.4. The van der Waals surface area contributed by atoms with Crippen LogP contribution < -0.4 is 10.5 Å². The lowest BCUT2D eigenvalue weighted by Crippen LogP contribution is -2.21. The second-order valence-electron chi connectivity index (χ2n) is 6.35. The average Bonchev–Trinajstić information content (AvgIpc) is 3.01. The third-order valence-electron chi connectivity index (χ3n) is 5.13. The van der Waals surface area contributed by atoms with E-state index in [0.717, 1.165) is 40.7 Å². The molecule has 3 aromatic rings. The van der Waals surface area contributed by atoms with Crippen molar-refractivity contribution >= 4 is 22.3 Å². The fourth-order valence-electron chi connectivity index (χ4n) is 3.61. The molecule has 0 spiro atoms. The molecule has 0 saturated carbocycles. The van der Waals surface area contributed by atoms with Crippen molar-refractivity contribution in [1.29, 1.82) is 0 Å². The van der Waals surface area contributed by atoms with Gasteiger partial charge >= 0.3 is 0 Å². The summed E-state index contributed by atoms with van der Waals surface area (Å²) in [4.78, 5) is 14.7. The summed E-state index contributed by atoms with van der Waals surface area (Å²) in [7, 11) is 1.86. The SMILES string of the molecule is Cc1c(C)c2ccc(N3CCc4ccccc43)cc2n(C)c1=O. The molecule has 0 saturated heterocycles. The van der Waals surface area contributed by atoms with Crippen LogP contribution in [0.25, 0.3) is 10.9 Å². The molecule has 116 valence electrons. The molecule has 0 aliphatic carbocycles. The van der Waals surface area contributed by atoms with Gasteiger partial charge in [-0.25, -0.2) is 0 Å². The van der Waals surface area contributed by atoms with Crippen molar-refractivity contribution in [1.82, 2.24) is 4.57 Å². The quantitative estimate of drug-likeness (QED) is 0.682. The highest BCUT2D eigenvalue weighted by Gasteiger charge is 2.20. The van der Waals surface area contributed by atoms with Crippen LogP contribution in [-0.4, -0.2) is 11.1 Å². The molecule has 0 amide bonds. The molecule has 0 atom stereocenters. The van der Waals surface area contributed by atoms with Gasteiger partial charge in [-0.2, -0.15) is 0 Å². The van der Waals surface area contributed by atoms with E-state index in [0.29, 0.717) is 0 Å². The van der Waals surface area contributed by atoms with Crippen LogP contribution in [0.5, 0.6) is 0 Å². The molecule has 0 bridgehead atoms. The highest BCUT2D eigenvalue weighted by molar-refractivity contribution is 5.88. The summed E-state index contributed by atoms with van der Waals surface area (Å²) < 4.78 is 1.77. The van der Waals surface area contributed by atoms with Crippen LogP contribution in [0.15, 0.2) is 47.3 Å². The number of para-hydroxylation sites is 1. The second-order valence-corrected chi connectivity index (χ2v) is 6.35. The Labute approximate surface area is 135 Å². The molecule has 2 aromatic carbocycles. The Morgan fingerprint density at radius 1 is 1.00 bits per heavy atom.